The van der Waals surface area contributed by atoms with Gasteiger partial charge in [0.05, 0.1) is 6.21 Å². The number of carbonyl (C=O) groups excluding carboxylic acids is 5. The molecule has 2 aromatic rings. The van der Waals surface area contributed by atoms with Gasteiger partial charge in [-0.3, -0.25) is 19.3 Å². The van der Waals surface area contributed by atoms with Gasteiger partial charge in [-0.2, -0.15) is 5.10 Å². The number of esters is 1. The Morgan fingerprint density at radius 1 is 0.889 bits per heavy atom. The largest absolute Gasteiger partial charge is 0.459 e. The highest BCUT2D eigenvalue weighted by Crippen LogP contribution is 2.39. The topological polar surface area (TPSA) is 138 Å². The van der Waals surface area contributed by atoms with Gasteiger partial charge in [-0.15, -0.1) is 0 Å². The van der Waals surface area contributed by atoms with Crippen molar-refractivity contribution in [2.24, 2.45) is 5.10 Å². The fraction of sp³-hybridized carbons (Fsp3) is 0.455. The first-order valence-corrected chi connectivity index (χ1v) is 14.9. The fourth-order valence-electron chi connectivity index (χ4n) is 5.33. The van der Waals surface area contributed by atoms with E-state index in [-0.39, 0.29) is 38.4 Å². The van der Waals surface area contributed by atoms with Crippen LogP contribution in [0.5, 0.6) is 0 Å². The second kappa shape index (κ2) is 13.1. The number of carbonyl (C=O) groups is 5. The van der Waals surface area contributed by atoms with Crippen molar-refractivity contribution in [2.75, 3.05) is 19.6 Å². The first-order chi connectivity index (χ1) is 21.1. The number of hydrogen-bond donors (Lipinski definition) is 1. The van der Waals surface area contributed by atoms with Gasteiger partial charge in [-0.1, -0.05) is 42.5 Å². The van der Waals surface area contributed by atoms with Crippen molar-refractivity contribution in [3.8, 4) is 0 Å². The van der Waals surface area contributed by atoms with E-state index in [1.165, 1.54) is 11.1 Å². The van der Waals surface area contributed by atoms with E-state index in [4.69, 9.17) is 9.47 Å². The highest BCUT2D eigenvalue weighted by atomic mass is 16.6. The number of imide groups is 1. The maximum atomic E-state index is 13.9. The van der Waals surface area contributed by atoms with Crippen LogP contribution in [-0.4, -0.2) is 87.2 Å². The number of likely N-dealkylation sites (tertiary alicyclic amines) is 1. The standard InChI is InChI=1S/C33H41N5O7/c1-31(2,3)44-26(39)22-37-28(41)33(38(30(37)43)21-24-10-8-7-9-11-24)16-18-36(19-17-33)27(40)25-14-12-23(13-15-25)20-34-35-29(42)45-32(4,5)6/h7-15,20H,16-19,21-22H2,1-6H3,(H,35,42). The predicted molar refractivity (Wildman–Crippen MR) is 166 cm³/mol. The summed E-state index contributed by atoms with van der Waals surface area (Å²) in [6.45, 7) is 10.6. The van der Waals surface area contributed by atoms with E-state index in [1.54, 1.807) is 70.7 Å². The minimum Gasteiger partial charge on any atom is -0.459 e. The molecule has 4 rings (SSSR count). The van der Waals surface area contributed by atoms with Gasteiger partial charge < -0.3 is 19.3 Å². The molecule has 0 bridgehead atoms. The lowest BCUT2D eigenvalue weighted by atomic mass is 9.85. The van der Waals surface area contributed by atoms with Crippen molar-refractivity contribution in [1.29, 1.82) is 0 Å². The molecule has 2 saturated heterocycles. The highest BCUT2D eigenvalue weighted by molar-refractivity contribution is 6.09. The molecule has 1 spiro atoms. The SMILES string of the molecule is CC(C)(C)OC(=O)CN1C(=O)N(Cc2ccccc2)C2(CCN(C(=O)c3ccc(C=NNC(=O)OC(C)(C)C)cc3)CC2)C1=O. The molecule has 0 aromatic heterocycles. The monoisotopic (exact) mass is 619 g/mol. The molecule has 240 valence electrons. The molecule has 2 aliphatic rings. The van der Waals surface area contributed by atoms with E-state index < -0.39 is 47.3 Å². The zero-order valence-electron chi connectivity index (χ0n) is 26.7. The zero-order chi connectivity index (χ0) is 33.0. The summed E-state index contributed by atoms with van der Waals surface area (Å²) < 4.78 is 10.5. The van der Waals surface area contributed by atoms with Crippen LogP contribution in [0.4, 0.5) is 9.59 Å². The number of piperidine rings is 1. The van der Waals surface area contributed by atoms with Crippen LogP contribution in [0.2, 0.25) is 0 Å². The second-order valence-electron chi connectivity index (χ2n) is 13.1. The van der Waals surface area contributed by atoms with Crippen LogP contribution in [-0.2, 0) is 25.6 Å². The fourth-order valence-corrected chi connectivity index (χ4v) is 5.33. The van der Waals surface area contributed by atoms with Crippen molar-refractivity contribution in [2.45, 2.75) is 77.7 Å². The van der Waals surface area contributed by atoms with E-state index in [0.717, 1.165) is 10.5 Å². The van der Waals surface area contributed by atoms with E-state index in [1.807, 2.05) is 30.3 Å². The van der Waals surface area contributed by atoms with E-state index in [0.29, 0.717) is 11.1 Å². The molecule has 2 fully saturated rings. The zero-order valence-corrected chi connectivity index (χ0v) is 26.7. The minimum atomic E-state index is -1.19. The molecule has 5 amide bonds. The summed E-state index contributed by atoms with van der Waals surface area (Å²) in [5, 5.41) is 3.88. The van der Waals surface area contributed by atoms with Crippen molar-refractivity contribution in [3.63, 3.8) is 0 Å². The Labute approximate surface area is 263 Å². The Balaban J connectivity index is 1.44. The Hall–Kier alpha value is -4.74. The van der Waals surface area contributed by atoms with Crippen LogP contribution >= 0.6 is 0 Å². The van der Waals surface area contributed by atoms with Gasteiger partial charge in [0.15, 0.2) is 0 Å². The maximum absolute atomic E-state index is 13.9. The van der Waals surface area contributed by atoms with Gasteiger partial charge in [0, 0.05) is 25.2 Å². The Morgan fingerprint density at radius 2 is 1.49 bits per heavy atom. The summed E-state index contributed by atoms with van der Waals surface area (Å²) in [5.74, 6) is -1.33. The lowest BCUT2D eigenvalue weighted by Crippen LogP contribution is -2.57. The van der Waals surface area contributed by atoms with Gasteiger partial charge in [0.25, 0.3) is 11.8 Å². The third kappa shape index (κ3) is 8.25. The number of rotatable bonds is 7. The smallest absolute Gasteiger partial charge is 0.428 e. The molecule has 2 aromatic carbocycles. The minimum absolute atomic E-state index is 0.190. The molecule has 0 saturated carbocycles. The number of benzene rings is 2. The molecular weight excluding hydrogens is 578 g/mol. The van der Waals surface area contributed by atoms with Gasteiger partial charge in [0.2, 0.25) is 0 Å². The molecule has 12 nitrogen and oxygen atoms in total. The quantitative estimate of drug-likeness (QED) is 0.211. The maximum Gasteiger partial charge on any atom is 0.428 e. The second-order valence-corrected chi connectivity index (χ2v) is 13.1. The van der Waals surface area contributed by atoms with Gasteiger partial charge in [-0.05, 0) is 77.6 Å². The third-order valence-electron chi connectivity index (χ3n) is 7.32. The molecule has 0 atom stereocenters. The number of amides is 5. The molecule has 0 aliphatic carbocycles. The van der Waals surface area contributed by atoms with Crippen LogP contribution in [0.25, 0.3) is 0 Å². The number of ether oxygens (including phenoxy) is 2. The molecule has 1 N–H and O–H groups in total. The van der Waals surface area contributed by atoms with Crippen molar-refractivity contribution >= 4 is 36.1 Å². The normalized spacial score (nSPS) is 16.8. The van der Waals surface area contributed by atoms with Crippen LogP contribution < -0.4 is 5.43 Å². The molecule has 2 aliphatic heterocycles. The van der Waals surface area contributed by atoms with Crippen LogP contribution in [0.3, 0.4) is 0 Å². The number of urea groups is 1. The van der Waals surface area contributed by atoms with Crippen LogP contribution in [0.1, 0.15) is 75.9 Å². The number of nitrogens with zero attached hydrogens (tertiary/aromatic N) is 4. The first-order valence-electron chi connectivity index (χ1n) is 14.9. The summed E-state index contributed by atoms with van der Waals surface area (Å²) in [5.41, 5.74) is 1.66. The van der Waals surface area contributed by atoms with Crippen LogP contribution in [0, 0.1) is 0 Å². The van der Waals surface area contributed by atoms with Gasteiger partial charge in [0.1, 0.15) is 23.3 Å². The third-order valence-corrected chi connectivity index (χ3v) is 7.32. The Kier molecular flexibility index (Phi) is 9.65. The summed E-state index contributed by atoms with van der Waals surface area (Å²) in [6, 6.07) is 15.5. The van der Waals surface area contributed by atoms with E-state index in [9.17, 15) is 24.0 Å². The molecule has 45 heavy (non-hydrogen) atoms. The lowest BCUT2D eigenvalue weighted by molar-refractivity contribution is -0.157. The van der Waals surface area contributed by atoms with Gasteiger partial charge >= 0.3 is 18.1 Å². The predicted octanol–water partition coefficient (Wildman–Crippen LogP) is 4.33. The average molecular weight is 620 g/mol. The summed E-state index contributed by atoms with van der Waals surface area (Å²) in [4.78, 5) is 69.5. The van der Waals surface area contributed by atoms with E-state index in [2.05, 4.69) is 10.5 Å². The molecule has 0 unspecified atom stereocenters. The lowest BCUT2D eigenvalue weighted by Gasteiger charge is -2.42. The van der Waals surface area contributed by atoms with Gasteiger partial charge in [-0.25, -0.2) is 15.0 Å². The van der Waals surface area contributed by atoms with Crippen molar-refractivity contribution < 1.29 is 33.4 Å². The molecule has 2 heterocycles. The number of nitrogens with one attached hydrogen (secondary N) is 1. The summed E-state index contributed by atoms with van der Waals surface area (Å²) in [7, 11) is 0. The Bertz CT molecular complexity index is 1450. The Morgan fingerprint density at radius 3 is 2.07 bits per heavy atom. The number of hydrogen-bond acceptors (Lipinski definition) is 8. The van der Waals surface area contributed by atoms with E-state index >= 15 is 0 Å². The van der Waals surface area contributed by atoms with Crippen LogP contribution in [0.15, 0.2) is 59.7 Å². The summed E-state index contributed by atoms with van der Waals surface area (Å²) in [6.07, 6.45) is 1.21. The molecule has 0 radical (unpaired) electrons. The highest BCUT2D eigenvalue weighted by Gasteiger charge is 2.58. The molecular formula is C33H41N5O7. The number of hydrazone groups is 1. The molecule has 12 heteroatoms. The van der Waals surface area contributed by atoms with Crippen molar-refractivity contribution in [3.05, 3.63) is 71.3 Å². The van der Waals surface area contributed by atoms with Crippen molar-refractivity contribution in [1.82, 2.24) is 20.1 Å². The summed E-state index contributed by atoms with van der Waals surface area (Å²) >= 11 is 0. The first kappa shape index (κ1) is 33.2. The average Bonchev–Trinajstić information content (AvgIpc) is 3.13.